The van der Waals surface area contributed by atoms with Gasteiger partial charge in [-0.05, 0) is 44.8 Å². The molecule has 2 aliphatic heterocycles. The van der Waals surface area contributed by atoms with E-state index < -0.39 is 0 Å². The molecule has 3 rings (SSSR count). The molecule has 1 aromatic rings. The van der Waals surface area contributed by atoms with E-state index in [1.807, 2.05) is 0 Å². The average molecular weight is 345 g/mol. The van der Waals surface area contributed by atoms with Gasteiger partial charge in [-0.25, -0.2) is 4.98 Å². The molecule has 0 saturated carbocycles. The Morgan fingerprint density at radius 1 is 1.27 bits per heavy atom. The molecule has 2 aliphatic rings. The van der Waals surface area contributed by atoms with Crippen LogP contribution in [0.3, 0.4) is 0 Å². The first-order chi connectivity index (χ1) is 10.1. The van der Waals surface area contributed by atoms with Gasteiger partial charge in [0.1, 0.15) is 0 Å². The van der Waals surface area contributed by atoms with Gasteiger partial charge in [-0.2, -0.15) is 0 Å². The normalized spacial score (nSPS) is 27.5. The maximum absolute atomic E-state index is 4.60. The highest BCUT2D eigenvalue weighted by atomic mass is 35.5. The summed E-state index contributed by atoms with van der Waals surface area (Å²) in [5.74, 6) is 0. The highest BCUT2D eigenvalue weighted by Gasteiger charge is 2.31. The number of halogens is 1. The minimum Gasteiger partial charge on any atom is -0.316 e. The number of aryl methyl sites for hydroxylation is 1. The summed E-state index contributed by atoms with van der Waals surface area (Å²) in [7, 11) is 0. The first kappa shape index (κ1) is 18.1. The van der Waals surface area contributed by atoms with Gasteiger partial charge in [0, 0.05) is 38.1 Å². The molecule has 0 amide bonds. The lowest BCUT2D eigenvalue weighted by atomic mass is 9.89. The number of rotatable bonds is 4. The van der Waals surface area contributed by atoms with Crippen LogP contribution in [0.25, 0.3) is 0 Å². The predicted octanol–water partition coefficient (Wildman–Crippen LogP) is 2.38. The van der Waals surface area contributed by atoms with Crippen molar-refractivity contribution in [2.45, 2.75) is 33.2 Å². The Morgan fingerprint density at radius 2 is 2.05 bits per heavy atom. The fraction of sp³-hybridized carbons (Fsp3) is 0.812. The minimum absolute atomic E-state index is 0. The summed E-state index contributed by atoms with van der Waals surface area (Å²) in [5, 5.41) is 6.91. The zero-order chi connectivity index (χ0) is 14.7. The molecule has 1 unspecified atom stereocenters. The topological polar surface area (TPSA) is 31.4 Å². The van der Waals surface area contributed by atoms with E-state index >= 15 is 0 Å². The number of nitrogens with one attached hydrogen (secondary N) is 1. The third kappa shape index (κ3) is 4.90. The molecule has 0 aliphatic carbocycles. The lowest BCUT2D eigenvalue weighted by Crippen LogP contribution is -2.39. The average Bonchev–Trinajstić information content (AvgIpc) is 2.98. The second kappa shape index (κ2) is 8.06. The molecule has 22 heavy (non-hydrogen) atoms. The van der Waals surface area contributed by atoms with E-state index in [1.165, 1.54) is 69.4 Å². The third-order valence-electron chi connectivity index (χ3n) is 4.80. The SMILES string of the molecule is Cc1nc(CN2CCCN(CC3(C)CCNC3)CC2)cs1.Cl. The molecule has 0 radical (unpaired) electrons. The van der Waals surface area contributed by atoms with Crippen LogP contribution in [0.1, 0.15) is 30.5 Å². The first-order valence-electron chi connectivity index (χ1n) is 8.19. The van der Waals surface area contributed by atoms with Crippen LogP contribution in [0, 0.1) is 12.3 Å². The third-order valence-corrected chi connectivity index (χ3v) is 5.62. The number of aromatic nitrogens is 1. The molecular weight excluding hydrogens is 316 g/mol. The molecule has 126 valence electrons. The van der Waals surface area contributed by atoms with Gasteiger partial charge in [0.2, 0.25) is 0 Å². The van der Waals surface area contributed by atoms with Crippen LogP contribution >= 0.6 is 23.7 Å². The van der Waals surface area contributed by atoms with Crippen LogP contribution in [-0.2, 0) is 6.54 Å². The van der Waals surface area contributed by atoms with Gasteiger partial charge in [-0.15, -0.1) is 23.7 Å². The van der Waals surface area contributed by atoms with Crippen molar-refractivity contribution in [2.24, 2.45) is 5.41 Å². The van der Waals surface area contributed by atoms with Crippen molar-refractivity contribution in [3.05, 3.63) is 16.1 Å². The fourth-order valence-corrected chi connectivity index (χ4v) is 4.20. The monoisotopic (exact) mass is 344 g/mol. The van der Waals surface area contributed by atoms with E-state index in [4.69, 9.17) is 0 Å². The van der Waals surface area contributed by atoms with Gasteiger partial charge in [-0.1, -0.05) is 6.92 Å². The molecule has 3 heterocycles. The standard InChI is InChI=1S/C16H28N4S.ClH/c1-14-18-15(11-21-14)10-19-6-3-7-20(9-8-19)13-16(2)4-5-17-12-16;/h11,17H,3-10,12-13H2,1-2H3;1H. The molecule has 2 saturated heterocycles. The highest BCUT2D eigenvalue weighted by Crippen LogP contribution is 2.26. The van der Waals surface area contributed by atoms with E-state index in [1.54, 1.807) is 11.3 Å². The zero-order valence-electron chi connectivity index (χ0n) is 13.8. The molecule has 4 nitrogen and oxygen atoms in total. The minimum atomic E-state index is 0. The van der Waals surface area contributed by atoms with Crippen molar-refractivity contribution in [3.8, 4) is 0 Å². The quantitative estimate of drug-likeness (QED) is 0.908. The number of hydrogen-bond acceptors (Lipinski definition) is 5. The Labute approximate surface area is 144 Å². The van der Waals surface area contributed by atoms with Crippen molar-refractivity contribution >= 4 is 23.7 Å². The number of thiazole rings is 1. The van der Waals surface area contributed by atoms with Crippen molar-refractivity contribution in [3.63, 3.8) is 0 Å². The van der Waals surface area contributed by atoms with Crippen LogP contribution < -0.4 is 5.32 Å². The molecule has 1 aromatic heterocycles. The molecular formula is C16H29ClN4S. The van der Waals surface area contributed by atoms with Crippen LogP contribution in [0.4, 0.5) is 0 Å². The van der Waals surface area contributed by atoms with Gasteiger partial charge >= 0.3 is 0 Å². The van der Waals surface area contributed by atoms with Gasteiger partial charge in [-0.3, -0.25) is 4.90 Å². The van der Waals surface area contributed by atoms with Crippen LogP contribution in [0.15, 0.2) is 5.38 Å². The lowest BCUT2D eigenvalue weighted by molar-refractivity contribution is 0.178. The summed E-state index contributed by atoms with van der Waals surface area (Å²) < 4.78 is 0. The van der Waals surface area contributed by atoms with Crippen LogP contribution in [0.5, 0.6) is 0 Å². The van der Waals surface area contributed by atoms with Gasteiger partial charge in [0.15, 0.2) is 0 Å². The molecule has 2 fully saturated rings. The Kier molecular flexibility index (Phi) is 6.65. The van der Waals surface area contributed by atoms with E-state index in [0.29, 0.717) is 5.41 Å². The van der Waals surface area contributed by atoms with Gasteiger partial charge in [0.25, 0.3) is 0 Å². The molecule has 1 N–H and O–H groups in total. The maximum Gasteiger partial charge on any atom is 0.0897 e. The van der Waals surface area contributed by atoms with Gasteiger partial charge in [0.05, 0.1) is 10.7 Å². The molecule has 6 heteroatoms. The Balaban J connectivity index is 0.00000176. The van der Waals surface area contributed by atoms with Crippen LogP contribution in [0.2, 0.25) is 0 Å². The number of nitrogens with zero attached hydrogens (tertiary/aromatic N) is 3. The van der Waals surface area contributed by atoms with Crippen molar-refractivity contribution in [2.75, 3.05) is 45.8 Å². The van der Waals surface area contributed by atoms with E-state index in [0.717, 1.165) is 6.54 Å². The van der Waals surface area contributed by atoms with Crippen molar-refractivity contribution in [1.82, 2.24) is 20.1 Å². The van der Waals surface area contributed by atoms with Crippen LogP contribution in [-0.4, -0.2) is 60.6 Å². The lowest BCUT2D eigenvalue weighted by Gasteiger charge is -2.31. The highest BCUT2D eigenvalue weighted by molar-refractivity contribution is 7.09. The van der Waals surface area contributed by atoms with Crippen molar-refractivity contribution in [1.29, 1.82) is 0 Å². The number of hydrogen-bond donors (Lipinski definition) is 1. The summed E-state index contributed by atoms with van der Waals surface area (Å²) in [6.45, 7) is 14.0. The molecule has 0 spiro atoms. The second-order valence-corrected chi connectivity index (χ2v) is 8.06. The zero-order valence-corrected chi connectivity index (χ0v) is 15.4. The van der Waals surface area contributed by atoms with E-state index in [-0.39, 0.29) is 12.4 Å². The Bertz CT molecular complexity index is 459. The van der Waals surface area contributed by atoms with E-state index in [9.17, 15) is 0 Å². The van der Waals surface area contributed by atoms with Gasteiger partial charge < -0.3 is 10.2 Å². The van der Waals surface area contributed by atoms with E-state index in [2.05, 4.69) is 39.3 Å². The molecule has 1 atom stereocenters. The predicted molar refractivity (Wildman–Crippen MR) is 96.0 cm³/mol. The van der Waals surface area contributed by atoms with Crippen molar-refractivity contribution < 1.29 is 0 Å². The second-order valence-electron chi connectivity index (χ2n) is 7.00. The summed E-state index contributed by atoms with van der Waals surface area (Å²) in [6, 6.07) is 0. The fourth-order valence-electron chi connectivity index (χ4n) is 3.59. The largest absolute Gasteiger partial charge is 0.316 e. The summed E-state index contributed by atoms with van der Waals surface area (Å²) in [6.07, 6.45) is 2.61. The molecule has 0 aromatic carbocycles. The Morgan fingerprint density at radius 3 is 2.73 bits per heavy atom. The summed E-state index contributed by atoms with van der Waals surface area (Å²) >= 11 is 1.76. The summed E-state index contributed by atoms with van der Waals surface area (Å²) in [4.78, 5) is 9.86. The maximum atomic E-state index is 4.60. The molecule has 0 bridgehead atoms. The summed E-state index contributed by atoms with van der Waals surface area (Å²) in [5.41, 5.74) is 1.74. The smallest absolute Gasteiger partial charge is 0.0897 e. The first-order valence-corrected chi connectivity index (χ1v) is 9.07. The Hall–Kier alpha value is -0.200.